The Morgan fingerprint density at radius 3 is 2.76 bits per heavy atom. The molecule has 37 heavy (non-hydrogen) atoms. The molecule has 0 atom stereocenters. The van der Waals surface area contributed by atoms with E-state index in [9.17, 15) is 19.6 Å². The summed E-state index contributed by atoms with van der Waals surface area (Å²) in [4.78, 5) is 50.5. The Balaban J connectivity index is 1.43. The smallest absolute Gasteiger partial charge is 0.328 e. The number of nitrogens with zero attached hydrogens (tertiary/aromatic N) is 6. The number of nitrogens with one attached hydrogen (secondary N) is 1. The Labute approximate surface area is 216 Å². The molecule has 2 aromatic rings. The molecule has 1 aliphatic heterocycles. The molecule has 11 heteroatoms. The van der Waals surface area contributed by atoms with Crippen LogP contribution in [-0.4, -0.2) is 84.4 Å². The SMILES string of the molecule is COC1(CCc2cc(NC(=O)N(C)c3ccc(CN4CCN(C)CC4=O)c(C=O)n3)ncc2C#N)CC1. The van der Waals surface area contributed by atoms with Gasteiger partial charge in [-0.15, -0.1) is 0 Å². The molecule has 2 aliphatic rings. The number of nitriles is 1. The summed E-state index contributed by atoms with van der Waals surface area (Å²) < 4.78 is 5.57. The lowest BCUT2D eigenvalue weighted by Gasteiger charge is -2.32. The van der Waals surface area contributed by atoms with Gasteiger partial charge >= 0.3 is 6.03 Å². The summed E-state index contributed by atoms with van der Waals surface area (Å²) in [6, 6.07) is 6.71. The fraction of sp³-hybridized carbons (Fsp3) is 0.462. The van der Waals surface area contributed by atoms with Crippen LogP contribution in [0.1, 0.15) is 46.4 Å². The number of likely N-dealkylation sites (N-methyl/N-ethyl adjacent to an activating group) is 1. The van der Waals surface area contributed by atoms with Crippen LogP contribution in [0.2, 0.25) is 0 Å². The van der Waals surface area contributed by atoms with Crippen molar-refractivity contribution in [1.82, 2.24) is 19.8 Å². The van der Waals surface area contributed by atoms with E-state index in [4.69, 9.17) is 4.74 Å². The Kier molecular flexibility index (Phi) is 7.80. The molecule has 1 N–H and O–H groups in total. The fourth-order valence-electron chi connectivity index (χ4n) is 4.34. The van der Waals surface area contributed by atoms with Gasteiger partial charge in [0.1, 0.15) is 23.4 Å². The van der Waals surface area contributed by atoms with Crippen molar-refractivity contribution in [2.75, 3.05) is 51.1 Å². The second-order valence-corrected chi connectivity index (χ2v) is 9.60. The van der Waals surface area contributed by atoms with E-state index in [1.807, 2.05) is 11.9 Å². The molecule has 0 unspecified atom stereocenters. The Morgan fingerprint density at radius 1 is 1.32 bits per heavy atom. The number of carbonyl (C=O) groups is 3. The monoisotopic (exact) mass is 505 g/mol. The maximum absolute atomic E-state index is 12.9. The van der Waals surface area contributed by atoms with Gasteiger partial charge in [0.2, 0.25) is 5.91 Å². The van der Waals surface area contributed by atoms with Crippen molar-refractivity contribution in [3.63, 3.8) is 0 Å². The standard InChI is InChI=1S/C26H31N7O4/c1-31-10-11-33(24(35)16-31)15-19-4-5-23(29-21(19)17-34)32(2)25(36)30-22-12-18(20(13-27)14-28-22)6-7-26(37-3)8-9-26/h4-5,12,14,17H,6-11,15-16H2,1-3H3,(H,28,30,36). The minimum absolute atomic E-state index is 0.00465. The molecule has 11 nitrogen and oxygen atoms in total. The molecular formula is C26H31N7O4. The van der Waals surface area contributed by atoms with E-state index in [0.29, 0.717) is 42.7 Å². The number of aldehydes is 1. The molecule has 3 heterocycles. The molecule has 194 valence electrons. The van der Waals surface area contributed by atoms with E-state index in [2.05, 4.69) is 21.4 Å². The van der Waals surface area contributed by atoms with Crippen LogP contribution < -0.4 is 10.2 Å². The molecule has 0 aromatic carbocycles. The first-order valence-electron chi connectivity index (χ1n) is 12.2. The molecule has 2 aromatic heterocycles. The number of ether oxygens (including phenoxy) is 1. The van der Waals surface area contributed by atoms with Gasteiger partial charge in [0, 0.05) is 45.6 Å². The van der Waals surface area contributed by atoms with Gasteiger partial charge < -0.3 is 9.64 Å². The minimum Gasteiger partial charge on any atom is -0.378 e. The molecular weight excluding hydrogens is 474 g/mol. The number of hydrogen-bond acceptors (Lipinski definition) is 8. The van der Waals surface area contributed by atoms with Crippen molar-refractivity contribution in [2.45, 2.75) is 37.8 Å². The minimum atomic E-state index is -0.495. The highest BCUT2D eigenvalue weighted by Crippen LogP contribution is 2.43. The average Bonchev–Trinajstić information content (AvgIpc) is 3.69. The van der Waals surface area contributed by atoms with Crippen molar-refractivity contribution in [2.24, 2.45) is 0 Å². The van der Waals surface area contributed by atoms with E-state index < -0.39 is 6.03 Å². The zero-order chi connectivity index (χ0) is 26.6. The summed E-state index contributed by atoms with van der Waals surface area (Å²) in [5, 5.41) is 12.2. The Hall–Kier alpha value is -3.88. The molecule has 4 rings (SSSR count). The van der Waals surface area contributed by atoms with Crippen LogP contribution in [0, 0.1) is 11.3 Å². The topological polar surface area (TPSA) is 132 Å². The van der Waals surface area contributed by atoms with Crippen molar-refractivity contribution >= 4 is 29.9 Å². The van der Waals surface area contributed by atoms with Crippen LogP contribution in [0.25, 0.3) is 0 Å². The number of rotatable bonds is 9. The number of hydrogen-bond donors (Lipinski definition) is 1. The second-order valence-electron chi connectivity index (χ2n) is 9.60. The number of aromatic nitrogens is 2. The van der Waals surface area contributed by atoms with Crippen LogP contribution >= 0.6 is 0 Å². The Morgan fingerprint density at radius 2 is 2.11 bits per heavy atom. The summed E-state index contributed by atoms with van der Waals surface area (Å²) in [6.07, 6.45) is 5.52. The number of piperazine rings is 1. The van der Waals surface area contributed by atoms with Crippen molar-refractivity contribution < 1.29 is 19.1 Å². The van der Waals surface area contributed by atoms with Crippen LogP contribution in [0.15, 0.2) is 24.4 Å². The van der Waals surface area contributed by atoms with Gasteiger partial charge in [0.15, 0.2) is 6.29 Å². The first kappa shape index (κ1) is 26.2. The fourth-order valence-corrected chi connectivity index (χ4v) is 4.34. The van der Waals surface area contributed by atoms with E-state index in [1.54, 1.807) is 30.2 Å². The largest absolute Gasteiger partial charge is 0.378 e. The molecule has 0 bridgehead atoms. The van der Waals surface area contributed by atoms with E-state index in [1.165, 1.54) is 18.1 Å². The number of urea groups is 1. The molecule has 0 radical (unpaired) electrons. The summed E-state index contributed by atoms with van der Waals surface area (Å²) in [6.45, 7) is 1.95. The highest BCUT2D eigenvalue weighted by molar-refractivity contribution is 6.00. The van der Waals surface area contributed by atoms with Gasteiger partial charge in [-0.1, -0.05) is 6.07 Å². The number of amides is 3. The molecule has 1 aliphatic carbocycles. The number of carbonyl (C=O) groups excluding carboxylic acids is 3. The third kappa shape index (κ3) is 6.10. The zero-order valence-corrected chi connectivity index (χ0v) is 21.4. The zero-order valence-electron chi connectivity index (χ0n) is 21.4. The number of pyridine rings is 2. The summed E-state index contributed by atoms with van der Waals surface area (Å²) >= 11 is 0. The van der Waals surface area contributed by atoms with E-state index >= 15 is 0 Å². The molecule has 1 saturated heterocycles. The third-order valence-electron chi connectivity index (χ3n) is 7.06. The lowest BCUT2D eigenvalue weighted by molar-refractivity contribution is -0.136. The van der Waals surface area contributed by atoms with Crippen molar-refractivity contribution in [1.29, 1.82) is 5.26 Å². The third-order valence-corrected chi connectivity index (χ3v) is 7.06. The van der Waals surface area contributed by atoms with Crippen molar-refractivity contribution in [3.05, 3.63) is 46.8 Å². The average molecular weight is 506 g/mol. The van der Waals surface area contributed by atoms with E-state index in [-0.39, 0.29) is 29.6 Å². The number of anilines is 2. The normalized spacial score (nSPS) is 16.7. The van der Waals surface area contributed by atoms with Gasteiger partial charge in [0.25, 0.3) is 0 Å². The van der Waals surface area contributed by atoms with Gasteiger partial charge in [-0.05, 0) is 50.4 Å². The number of aryl methyl sites for hydroxylation is 1. The quantitative estimate of drug-likeness (QED) is 0.513. The lowest BCUT2D eigenvalue weighted by Crippen LogP contribution is -2.48. The first-order chi connectivity index (χ1) is 17.8. The summed E-state index contributed by atoms with van der Waals surface area (Å²) in [5.41, 5.74) is 1.95. The maximum Gasteiger partial charge on any atom is 0.328 e. The predicted octanol–water partition coefficient (Wildman–Crippen LogP) is 2.21. The van der Waals surface area contributed by atoms with Gasteiger partial charge in [-0.25, -0.2) is 14.8 Å². The maximum atomic E-state index is 12.9. The molecule has 3 amide bonds. The molecule has 0 spiro atoms. The van der Waals surface area contributed by atoms with Crippen LogP contribution in [-0.2, 0) is 22.5 Å². The van der Waals surface area contributed by atoms with Crippen molar-refractivity contribution in [3.8, 4) is 6.07 Å². The first-order valence-corrected chi connectivity index (χ1v) is 12.2. The van der Waals surface area contributed by atoms with Crippen LogP contribution in [0.4, 0.5) is 16.4 Å². The van der Waals surface area contributed by atoms with Crippen LogP contribution in [0.3, 0.4) is 0 Å². The van der Waals surface area contributed by atoms with Gasteiger partial charge in [-0.2, -0.15) is 5.26 Å². The van der Waals surface area contributed by atoms with Gasteiger partial charge in [0.05, 0.1) is 17.7 Å². The molecule has 1 saturated carbocycles. The second kappa shape index (κ2) is 11.0. The summed E-state index contributed by atoms with van der Waals surface area (Å²) in [5.74, 6) is 0.585. The van der Waals surface area contributed by atoms with E-state index in [0.717, 1.165) is 31.4 Å². The van der Waals surface area contributed by atoms with Gasteiger partial charge in [-0.3, -0.25) is 24.7 Å². The lowest BCUT2D eigenvalue weighted by atomic mass is 10.0. The molecule has 2 fully saturated rings. The van der Waals surface area contributed by atoms with Crippen LogP contribution in [0.5, 0.6) is 0 Å². The highest BCUT2D eigenvalue weighted by atomic mass is 16.5. The predicted molar refractivity (Wildman–Crippen MR) is 136 cm³/mol. The summed E-state index contributed by atoms with van der Waals surface area (Å²) in [7, 11) is 5.13. The Bertz CT molecular complexity index is 1240. The number of methoxy groups -OCH3 is 1. The highest BCUT2D eigenvalue weighted by Gasteiger charge is 2.42.